The minimum Gasteiger partial charge on any atom is -0.314 e. The molecule has 3 rings (SSSR count). The second-order valence-corrected chi connectivity index (χ2v) is 6.94. The molecule has 0 aromatic heterocycles. The molecule has 1 aliphatic carbocycles. The number of hydrogen-bond acceptors (Lipinski definition) is 2. The van der Waals surface area contributed by atoms with Crippen molar-refractivity contribution in [3.8, 4) is 0 Å². The second kappa shape index (κ2) is 5.87. The summed E-state index contributed by atoms with van der Waals surface area (Å²) >= 11 is 0. The Morgan fingerprint density at radius 2 is 2.10 bits per heavy atom. The number of aryl methyl sites for hydroxylation is 1. The number of piperazine rings is 1. The average molecular weight is 272 g/mol. The molecule has 2 unspecified atom stereocenters. The molecule has 1 aromatic carbocycles. The maximum absolute atomic E-state index is 3.57. The topological polar surface area (TPSA) is 15.3 Å². The smallest absolute Gasteiger partial charge is 0.0249 e. The van der Waals surface area contributed by atoms with Gasteiger partial charge in [0.1, 0.15) is 0 Å². The number of nitrogens with zero attached hydrogens (tertiary/aromatic N) is 1. The molecule has 1 aromatic rings. The van der Waals surface area contributed by atoms with Gasteiger partial charge in [0.05, 0.1) is 0 Å². The molecular weight excluding hydrogens is 244 g/mol. The summed E-state index contributed by atoms with van der Waals surface area (Å²) in [6.07, 6.45) is 3.89. The van der Waals surface area contributed by atoms with Gasteiger partial charge in [-0.05, 0) is 54.8 Å². The molecule has 1 fully saturated rings. The van der Waals surface area contributed by atoms with E-state index in [-0.39, 0.29) is 0 Å². The highest BCUT2D eigenvalue weighted by Gasteiger charge is 2.30. The molecule has 1 N–H and O–H groups in total. The van der Waals surface area contributed by atoms with Crippen molar-refractivity contribution < 1.29 is 0 Å². The second-order valence-electron chi connectivity index (χ2n) is 6.94. The number of nitrogens with one attached hydrogen (secondary N) is 1. The lowest BCUT2D eigenvalue weighted by atomic mass is 9.78. The fourth-order valence-corrected chi connectivity index (χ4v) is 3.84. The summed E-state index contributed by atoms with van der Waals surface area (Å²) in [5.74, 6) is 1.47. The van der Waals surface area contributed by atoms with E-state index in [1.165, 1.54) is 37.9 Å². The standard InChI is InChI=1S/C18H28N2/c1-13(2)14-4-5-16-11-17(7-6-15(16)10-14)18-12-19-8-9-20(18)3/h4-5,10,13,17-19H,6-9,11-12H2,1-3H3. The van der Waals surface area contributed by atoms with Crippen LogP contribution in [0.15, 0.2) is 18.2 Å². The van der Waals surface area contributed by atoms with Crippen LogP contribution in [-0.2, 0) is 12.8 Å². The molecule has 2 atom stereocenters. The largest absolute Gasteiger partial charge is 0.314 e. The van der Waals surface area contributed by atoms with Gasteiger partial charge < -0.3 is 10.2 Å². The van der Waals surface area contributed by atoms with Crippen molar-refractivity contribution in [2.24, 2.45) is 5.92 Å². The van der Waals surface area contributed by atoms with Crippen molar-refractivity contribution >= 4 is 0 Å². The van der Waals surface area contributed by atoms with Crippen LogP contribution in [0.5, 0.6) is 0 Å². The maximum atomic E-state index is 3.57. The van der Waals surface area contributed by atoms with Crippen LogP contribution in [0.4, 0.5) is 0 Å². The number of fused-ring (bicyclic) bond motifs is 1. The summed E-state index contributed by atoms with van der Waals surface area (Å²) in [6.45, 7) is 8.08. The zero-order valence-electron chi connectivity index (χ0n) is 13.2. The van der Waals surface area contributed by atoms with Gasteiger partial charge in [-0.25, -0.2) is 0 Å². The minimum atomic E-state index is 0.645. The first-order valence-corrected chi connectivity index (χ1v) is 8.18. The summed E-state index contributed by atoms with van der Waals surface area (Å²) in [4.78, 5) is 2.56. The van der Waals surface area contributed by atoms with Crippen molar-refractivity contribution in [1.82, 2.24) is 10.2 Å². The van der Waals surface area contributed by atoms with Crippen molar-refractivity contribution in [2.45, 2.75) is 45.1 Å². The van der Waals surface area contributed by atoms with Crippen molar-refractivity contribution in [3.05, 3.63) is 34.9 Å². The molecule has 2 heteroatoms. The predicted octanol–water partition coefficient (Wildman–Crippen LogP) is 2.82. The lowest BCUT2D eigenvalue weighted by molar-refractivity contribution is 0.133. The Hall–Kier alpha value is -0.860. The fraction of sp³-hybridized carbons (Fsp3) is 0.667. The van der Waals surface area contributed by atoms with E-state index in [1.54, 1.807) is 11.1 Å². The highest BCUT2D eigenvalue weighted by Crippen LogP contribution is 2.31. The first kappa shape index (κ1) is 14.1. The Kier molecular flexibility index (Phi) is 4.13. The highest BCUT2D eigenvalue weighted by atomic mass is 15.2. The highest BCUT2D eigenvalue weighted by molar-refractivity contribution is 5.35. The number of rotatable bonds is 2. The van der Waals surface area contributed by atoms with Crippen LogP contribution in [0.25, 0.3) is 0 Å². The Morgan fingerprint density at radius 1 is 1.25 bits per heavy atom. The summed E-state index contributed by atoms with van der Waals surface area (Å²) in [5, 5.41) is 3.57. The van der Waals surface area contributed by atoms with Crippen LogP contribution < -0.4 is 5.32 Å². The number of hydrogen-bond donors (Lipinski definition) is 1. The first-order chi connectivity index (χ1) is 9.65. The lowest BCUT2D eigenvalue weighted by Crippen LogP contribution is -2.53. The predicted molar refractivity (Wildman–Crippen MR) is 85.3 cm³/mol. The third kappa shape index (κ3) is 2.77. The molecule has 1 aliphatic heterocycles. The number of benzene rings is 1. The molecule has 2 aliphatic rings. The van der Waals surface area contributed by atoms with Gasteiger partial charge in [0.15, 0.2) is 0 Å². The van der Waals surface area contributed by atoms with Gasteiger partial charge >= 0.3 is 0 Å². The summed E-state index contributed by atoms with van der Waals surface area (Å²) in [6, 6.07) is 7.92. The van der Waals surface area contributed by atoms with Crippen LogP contribution in [-0.4, -0.2) is 37.6 Å². The monoisotopic (exact) mass is 272 g/mol. The molecule has 1 heterocycles. The molecule has 20 heavy (non-hydrogen) atoms. The van der Waals surface area contributed by atoms with Crippen LogP contribution in [0.3, 0.4) is 0 Å². The Labute approximate surface area is 123 Å². The summed E-state index contributed by atoms with van der Waals surface area (Å²) < 4.78 is 0. The summed E-state index contributed by atoms with van der Waals surface area (Å²) in [5.41, 5.74) is 4.71. The fourth-order valence-electron chi connectivity index (χ4n) is 3.84. The first-order valence-electron chi connectivity index (χ1n) is 8.18. The third-order valence-electron chi connectivity index (χ3n) is 5.27. The maximum Gasteiger partial charge on any atom is 0.0249 e. The minimum absolute atomic E-state index is 0.645. The quantitative estimate of drug-likeness (QED) is 0.890. The number of likely N-dealkylation sites (N-methyl/N-ethyl adjacent to an activating group) is 1. The zero-order valence-corrected chi connectivity index (χ0v) is 13.2. The average Bonchev–Trinajstić information content (AvgIpc) is 2.46. The van der Waals surface area contributed by atoms with Crippen molar-refractivity contribution in [2.75, 3.05) is 26.7 Å². The van der Waals surface area contributed by atoms with Crippen LogP contribution in [0, 0.1) is 5.92 Å². The lowest BCUT2D eigenvalue weighted by Gasteiger charge is -2.40. The van der Waals surface area contributed by atoms with E-state index < -0.39 is 0 Å². The SMILES string of the molecule is CC(C)c1ccc2c(c1)CCC(C1CNCCN1C)C2. The van der Waals surface area contributed by atoms with Gasteiger partial charge in [-0.3, -0.25) is 0 Å². The Morgan fingerprint density at radius 3 is 2.85 bits per heavy atom. The molecule has 2 nitrogen and oxygen atoms in total. The Bertz CT molecular complexity index is 466. The molecule has 0 radical (unpaired) electrons. The molecule has 0 saturated carbocycles. The van der Waals surface area contributed by atoms with E-state index in [0.29, 0.717) is 5.92 Å². The third-order valence-corrected chi connectivity index (χ3v) is 5.27. The van der Waals surface area contributed by atoms with Crippen molar-refractivity contribution in [1.29, 1.82) is 0 Å². The molecule has 0 amide bonds. The van der Waals surface area contributed by atoms with Crippen LogP contribution >= 0.6 is 0 Å². The van der Waals surface area contributed by atoms with E-state index in [4.69, 9.17) is 0 Å². The van der Waals surface area contributed by atoms with Gasteiger partial charge in [0, 0.05) is 25.7 Å². The molecule has 0 spiro atoms. The zero-order chi connectivity index (χ0) is 14.1. The Balaban J connectivity index is 1.75. The molecule has 110 valence electrons. The van der Waals surface area contributed by atoms with Gasteiger partial charge in [-0.1, -0.05) is 32.0 Å². The van der Waals surface area contributed by atoms with E-state index in [1.807, 2.05) is 0 Å². The molecular formula is C18H28N2. The molecule has 1 saturated heterocycles. The van der Waals surface area contributed by atoms with Gasteiger partial charge in [-0.15, -0.1) is 0 Å². The van der Waals surface area contributed by atoms with E-state index in [2.05, 4.69) is 49.3 Å². The van der Waals surface area contributed by atoms with Gasteiger partial charge in [0.25, 0.3) is 0 Å². The van der Waals surface area contributed by atoms with Crippen molar-refractivity contribution in [3.63, 3.8) is 0 Å². The van der Waals surface area contributed by atoms with E-state index in [9.17, 15) is 0 Å². The van der Waals surface area contributed by atoms with Crippen LogP contribution in [0.1, 0.15) is 42.9 Å². The normalized spacial score (nSPS) is 27.6. The molecule has 0 bridgehead atoms. The van der Waals surface area contributed by atoms with Crippen LogP contribution in [0.2, 0.25) is 0 Å². The van der Waals surface area contributed by atoms with E-state index >= 15 is 0 Å². The summed E-state index contributed by atoms with van der Waals surface area (Å²) in [7, 11) is 2.29. The van der Waals surface area contributed by atoms with Gasteiger partial charge in [0.2, 0.25) is 0 Å². The van der Waals surface area contributed by atoms with Gasteiger partial charge in [-0.2, -0.15) is 0 Å². The van der Waals surface area contributed by atoms with E-state index in [0.717, 1.165) is 18.5 Å².